The highest BCUT2D eigenvalue weighted by Crippen LogP contribution is 2.35. The Morgan fingerprint density at radius 3 is 2.68 bits per heavy atom. The fourth-order valence-electron chi connectivity index (χ4n) is 4.63. The monoisotopic (exact) mass is 583 g/mol. The van der Waals surface area contributed by atoms with Gasteiger partial charge in [0.1, 0.15) is 18.2 Å². The zero-order chi connectivity index (χ0) is 29.3. The SMILES string of the molecule is CC(=O)Nc1ccc(C(=O)COC(=O)C2CCCc3cc(-c4c(-n5cnnn5)ccc(Cl)c4F)cc(=O)n32)c(F)n1. The second-order valence-corrected chi connectivity index (χ2v) is 9.52. The Bertz CT molecular complexity index is 1740. The fourth-order valence-corrected chi connectivity index (χ4v) is 4.79. The van der Waals surface area contributed by atoms with E-state index in [4.69, 9.17) is 16.3 Å². The molecule has 1 N–H and O–H groups in total. The van der Waals surface area contributed by atoms with Gasteiger partial charge in [-0.2, -0.15) is 9.07 Å². The lowest BCUT2D eigenvalue weighted by Crippen LogP contribution is -2.36. The lowest BCUT2D eigenvalue weighted by Gasteiger charge is -2.27. The van der Waals surface area contributed by atoms with Gasteiger partial charge in [0.15, 0.2) is 12.4 Å². The van der Waals surface area contributed by atoms with Crippen LogP contribution >= 0.6 is 11.6 Å². The van der Waals surface area contributed by atoms with Crippen molar-refractivity contribution >= 4 is 35.1 Å². The molecule has 0 saturated heterocycles. The quantitative estimate of drug-likeness (QED) is 0.197. The Labute approximate surface area is 234 Å². The van der Waals surface area contributed by atoms with Crippen LogP contribution in [-0.2, 0) is 20.7 Å². The predicted octanol–water partition coefficient (Wildman–Crippen LogP) is 3.08. The average Bonchev–Trinajstić information content (AvgIpc) is 3.47. The molecular weight excluding hydrogens is 564 g/mol. The number of Topliss-reactive ketones (excluding diaryl/α,β-unsaturated/α-hetero) is 1. The van der Waals surface area contributed by atoms with Gasteiger partial charge in [-0.05, 0) is 65.6 Å². The number of anilines is 1. The van der Waals surface area contributed by atoms with Crippen molar-refractivity contribution < 1.29 is 27.9 Å². The van der Waals surface area contributed by atoms with Crippen molar-refractivity contribution in [2.24, 2.45) is 0 Å². The van der Waals surface area contributed by atoms with Crippen LogP contribution in [0.4, 0.5) is 14.6 Å². The van der Waals surface area contributed by atoms with Crippen LogP contribution in [0, 0.1) is 11.8 Å². The van der Waals surface area contributed by atoms with Gasteiger partial charge in [-0.1, -0.05) is 11.6 Å². The maximum absolute atomic E-state index is 15.3. The molecule has 1 aromatic carbocycles. The average molecular weight is 584 g/mol. The lowest BCUT2D eigenvalue weighted by atomic mass is 9.97. The highest BCUT2D eigenvalue weighted by Gasteiger charge is 2.30. The molecule has 4 heterocycles. The largest absolute Gasteiger partial charge is 0.456 e. The normalized spacial score (nSPS) is 14.3. The van der Waals surface area contributed by atoms with Crippen LogP contribution in [0.1, 0.15) is 41.9 Å². The molecule has 1 unspecified atom stereocenters. The Hall–Kier alpha value is -4.85. The number of nitrogens with one attached hydrogen (secondary N) is 1. The first-order valence-electron chi connectivity index (χ1n) is 12.2. The van der Waals surface area contributed by atoms with E-state index in [1.165, 1.54) is 46.8 Å². The highest BCUT2D eigenvalue weighted by atomic mass is 35.5. The van der Waals surface area contributed by atoms with Gasteiger partial charge in [-0.15, -0.1) is 5.10 Å². The maximum atomic E-state index is 15.3. The van der Waals surface area contributed by atoms with Crippen molar-refractivity contribution in [2.75, 3.05) is 11.9 Å². The summed E-state index contributed by atoms with van der Waals surface area (Å²) in [7, 11) is 0. The molecule has 0 bridgehead atoms. The Morgan fingerprint density at radius 1 is 1.17 bits per heavy atom. The summed E-state index contributed by atoms with van der Waals surface area (Å²) in [5, 5.41) is 13.1. The number of benzene rings is 1. The van der Waals surface area contributed by atoms with Crippen molar-refractivity contribution in [1.82, 2.24) is 29.8 Å². The molecule has 1 aliphatic rings. The van der Waals surface area contributed by atoms with Crippen LogP contribution in [-0.4, -0.2) is 54.0 Å². The molecule has 0 spiro atoms. The summed E-state index contributed by atoms with van der Waals surface area (Å²) < 4.78 is 37.2. The minimum absolute atomic E-state index is 0.000698. The third-order valence-corrected chi connectivity index (χ3v) is 6.69. The fraction of sp³-hybridized carbons (Fsp3) is 0.231. The van der Waals surface area contributed by atoms with E-state index in [0.717, 1.165) is 6.07 Å². The van der Waals surface area contributed by atoms with Gasteiger partial charge < -0.3 is 10.1 Å². The lowest BCUT2D eigenvalue weighted by molar-refractivity contribution is -0.147. The van der Waals surface area contributed by atoms with E-state index in [1.807, 2.05) is 0 Å². The second-order valence-electron chi connectivity index (χ2n) is 9.11. The van der Waals surface area contributed by atoms with Gasteiger partial charge >= 0.3 is 5.97 Å². The number of carbonyl (C=O) groups is 3. The number of aryl methyl sites for hydroxylation is 1. The number of tetrazole rings is 1. The van der Waals surface area contributed by atoms with Gasteiger partial charge in [0.2, 0.25) is 17.6 Å². The summed E-state index contributed by atoms with van der Waals surface area (Å²) in [5.41, 5.74) is -0.130. The summed E-state index contributed by atoms with van der Waals surface area (Å²) in [6, 6.07) is 6.90. The molecule has 41 heavy (non-hydrogen) atoms. The van der Waals surface area contributed by atoms with E-state index < -0.39 is 53.2 Å². The number of amides is 1. The van der Waals surface area contributed by atoms with Crippen molar-refractivity contribution in [2.45, 2.75) is 32.2 Å². The number of halogens is 3. The van der Waals surface area contributed by atoms with Crippen LogP contribution in [0.25, 0.3) is 16.8 Å². The van der Waals surface area contributed by atoms with Crippen molar-refractivity contribution in [3.63, 3.8) is 0 Å². The van der Waals surface area contributed by atoms with E-state index in [-0.39, 0.29) is 34.1 Å². The zero-order valence-electron chi connectivity index (χ0n) is 21.3. The van der Waals surface area contributed by atoms with Gasteiger partial charge in [0.25, 0.3) is 5.56 Å². The molecule has 0 saturated carbocycles. The van der Waals surface area contributed by atoms with E-state index >= 15 is 4.39 Å². The van der Waals surface area contributed by atoms with E-state index in [2.05, 4.69) is 25.8 Å². The summed E-state index contributed by atoms with van der Waals surface area (Å²) in [6.45, 7) is 0.426. The number of pyridine rings is 2. The molecule has 1 amide bonds. The molecule has 5 rings (SSSR count). The van der Waals surface area contributed by atoms with Gasteiger partial charge in [-0.25, -0.2) is 14.2 Å². The molecule has 3 aromatic heterocycles. The number of nitrogens with zero attached hydrogens (tertiary/aromatic N) is 6. The van der Waals surface area contributed by atoms with Crippen LogP contribution in [0.2, 0.25) is 5.02 Å². The van der Waals surface area contributed by atoms with Gasteiger partial charge in [-0.3, -0.25) is 19.0 Å². The Balaban J connectivity index is 1.39. The molecule has 0 radical (unpaired) electrons. The number of rotatable bonds is 7. The first-order valence-corrected chi connectivity index (χ1v) is 12.6. The first-order chi connectivity index (χ1) is 19.6. The van der Waals surface area contributed by atoms with E-state index in [9.17, 15) is 23.6 Å². The highest BCUT2D eigenvalue weighted by molar-refractivity contribution is 6.31. The summed E-state index contributed by atoms with van der Waals surface area (Å²) >= 11 is 6.03. The smallest absolute Gasteiger partial charge is 0.329 e. The number of aromatic nitrogens is 6. The summed E-state index contributed by atoms with van der Waals surface area (Å²) in [4.78, 5) is 53.4. The molecule has 1 atom stereocenters. The number of hydrogen-bond donors (Lipinski definition) is 1. The molecule has 0 aliphatic carbocycles. The third kappa shape index (κ3) is 5.59. The predicted molar refractivity (Wildman–Crippen MR) is 140 cm³/mol. The van der Waals surface area contributed by atoms with Gasteiger partial charge in [0, 0.05) is 24.2 Å². The van der Waals surface area contributed by atoms with Crippen LogP contribution < -0.4 is 10.9 Å². The maximum Gasteiger partial charge on any atom is 0.329 e. The number of ketones is 1. The number of fused-ring (bicyclic) bond motifs is 1. The summed E-state index contributed by atoms with van der Waals surface area (Å²) in [6.07, 6.45) is 2.43. The first kappa shape index (κ1) is 27.7. The number of ether oxygens (including phenoxy) is 1. The van der Waals surface area contributed by atoms with Crippen LogP contribution in [0.15, 0.2) is 47.5 Å². The molecular formula is C26H20ClF2N7O5. The molecule has 1 aliphatic heterocycles. The second kappa shape index (κ2) is 11.3. The van der Waals surface area contributed by atoms with Gasteiger partial charge in [0.05, 0.1) is 16.3 Å². The molecule has 12 nitrogen and oxygen atoms in total. The third-order valence-electron chi connectivity index (χ3n) is 6.40. The van der Waals surface area contributed by atoms with Crippen LogP contribution in [0.3, 0.4) is 0 Å². The Morgan fingerprint density at radius 2 is 1.98 bits per heavy atom. The number of hydrogen-bond acceptors (Lipinski definition) is 9. The molecule has 15 heteroatoms. The van der Waals surface area contributed by atoms with E-state index in [0.29, 0.717) is 18.5 Å². The molecule has 0 fully saturated rings. The Kier molecular flexibility index (Phi) is 7.66. The van der Waals surface area contributed by atoms with E-state index in [1.54, 1.807) is 6.07 Å². The minimum Gasteiger partial charge on any atom is -0.456 e. The zero-order valence-corrected chi connectivity index (χ0v) is 22.1. The molecule has 4 aromatic rings. The number of esters is 1. The van der Waals surface area contributed by atoms with Crippen molar-refractivity contribution in [1.29, 1.82) is 0 Å². The van der Waals surface area contributed by atoms with Crippen molar-refractivity contribution in [3.05, 3.63) is 81.1 Å². The van der Waals surface area contributed by atoms with Crippen molar-refractivity contribution in [3.8, 4) is 16.8 Å². The minimum atomic E-state index is -1.14. The standard InChI is InChI=1S/C26H20ClF2N7O5/c1-13(37)31-21-8-5-16(25(29)32-21)20(38)11-41-26(40)19-4-2-3-15-9-14(10-22(39)36(15)19)23-18(35-12-30-33-34-35)7-6-17(27)24(23)28/h5-10,12,19H,2-4,11H2,1H3,(H,31,32,37). The topological polar surface area (TPSA) is 151 Å². The number of carbonyl (C=O) groups excluding carboxylic acids is 3. The summed E-state index contributed by atoms with van der Waals surface area (Å²) in [5.74, 6) is -4.18. The molecule has 210 valence electrons. The van der Waals surface area contributed by atoms with Crippen LogP contribution in [0.5, 0.6) is 0 Å².